The summed E-state index contributed by atoms with van der Waals surface area (Å²) in [6, 6.07) is 5.74. The van der Waals surface area contributed by atoms with Gasteiger partial charge in [0.25, 0.3) is 5.69 Å². The third kappa shape index (κ3) is 5.60. The average Bonchev–Trinajstić information content (AvgIpc) is 3.48. The highest BCUT2D eigenvalue weighted by Gasteiger charge is 2.38. The van der Waals surface area contributed by atoms with Crippen LogP contribution in [0.2, 0.25) is 0 Å². The zero-order valence-corrected chi connectivity index (χ0v) is 19.3. The van der Waals surface area contributed by atoms with E-state index in [0.717, 1.165) is 0 Å². The molecule has 1 aliphatic heterocycles. The fourth-order valence-corrected chi connectivity index (χ4v) is 3.65. The van der Waals surface area contributed by atoms with Gasteiger partial charge < -0.3 is 25.6 Å². The normalized spacial score (nSPS) is 15.1. The summed E-state index contributed by atoms with van der Waals surface area (Å²) in [5, 5.41) is 35.5. The molecule has 0 fully saturated rings. The first-order valence-electron chi connectivity index (χ1n) is 10.9. The second kappa shape index (κ2) is 10.6. The average molecular weight is 532 g/mol. The summed E-state index contributed by atoms with van der Waals surface area (Å²) in [5.74, 6) is 2.68. The van der Waals surface area contributed by atoms with Crippen LogP contribution in [0.3, 0.4) is 0 Å². The van der Waals surface area contributed by atoms with Crippen molar-refractivity contribution in [3.8, 4) is 11.8 Å². The number of pyridine rings is 1. The molecule has 4 rings (SSSR count). The minimum absolute atomic E-state index is 0.0224. The molecule has 0 saturated heterocycles. The lowest BCUT2D eigenvalue weighted by atomic mass is 10.1. The highest BCUT2D eigenvalue weighted by molar-refractivity contribution is 5.85. The molecule has 3 heterocycles. The Kier molecular flexibility index (Phi) is 7.35. The molecule has 0 unspecified atom stereocenters. The van der Waals surface area contributed by atoms with Crippen LogP contribution in [0, 0.1) is 22.0 Å². The molecule has 1 atom stereocenters. The number of aromatic nitrogens is 3. The minimum atomic E-state index is -5.03. The molecular formula is C23H19F3N6O6. The number of nitrogens with zero attached hydrogens (tertiary/aromatic N) is 4. The molecule has 12 nitrogen and oxygen atoms in total. The number of nitrogens with one attached hydrogen (secondary N) is 2. The number of alkyl halides is 3. The zero-order valence-electron chi connectivity index (χ0n) is 19.3. The molecule has 0 saturated carbocycles. The van der Waals surface area contributed by atoms with Gasteiger partial charge in [-0.1, -0.05) is 11.8 Å². The summed E-state index contributed by atoms with van der Waals surface area (Å²) in [5.41, 5.74) is 1.60. The third-order valence-electron chi connectivity index (χ3n) is 5.46. The first-order valence-corrected chi connectivity index (χ1v) is 10.9. The van der Waals surface area contributed by atoms with Gasteiger partial charge in [-0.3, -0.25) is 19.5 Å². The Balaban J connectivity index is 1.48. The lowest BCUT2D eigenvalue weighted by Gasteiger charge is -2.14. The van der Waals surface area contributed by atoms with E-state index in [9.17, 15) is 38.3 Å². The molecule has 3 aromatic rings. The Labute approximate surface area is 211 Å². The van der Waals surface area contributed by atoms with Crippen LogP contribution in [0.4, 0.5) is 24.5 Å². The van der Waals surface area contributed by atoms with Gasteiger partial charge in [-0.05, 0) is 18.2 Å². The van der Waals surface area contributed by atoms with E-state index in [0.29, 0.717) is 22.4 Å². The Bertz CT molecular complexity index is 1490. The van der Waals surface area contributed by atoms with Gasteiger partial charge in [-0.15, -0.1) is 0 Å². The van der Waals surface area contributed by atoms with Crippen LogP contribution < -0.4 is 10.6 Å². The number of nitro groups is 1. The Morgan fingerprint density at radius 1 is 1.32 bits per heavy atom. The second-order valence-corrected chi connectivity index (χ2v) is 7.92. The number of hydrogen-bond acceptors (Lipinski definition) is 9. The van der Waals surface area contributed by atoms with Gasteiger partial charge in [-0.2, -0.15) is 13.2 Å². The van der Waals surface area contributed by atoms with Crippen molar-refractivity contribution in [3.05, 3.63) is 69.5 Å². The Morgan fingerprint density at radius 3 is 2.79 bits per heavy atom. The SMILES string of the molecule is O=C(NCC#Cc1ccc(CNc2ccnc3c2ncn3[C@H]2CC(O)=C(CO)O2)c([N+](=O)[O-])c1)C(F)(F)F. The number of aliphatic hydroxyl groups excluding tert-OH is 2. The van der Waals surface area contributed by atoms with Gasteiger partial charge in [0.2, 0.25) is 0 Å². The highest BCUT2D eigenvalue weighted by Crippen LogP contribution is 2.33. The maximum absolute atomic E-state index is 12.2. The second-order valence-electron chi connectivity index (χ2n) is 7.92. The predicted octanol–water partition coefficient (Wildman–Crippen LogP) is 2.66. The molecular weight excluding hydrogens is 513 g/mol. The zero-order chi connectivity index (χ0) is 27.4. The van der Waals surface area contributed by atoms with Gasteiger partial charge in [0, 0.05) is 29.9 Å². The monoisotopic (exact) mass is 532 g/mol. The lowest BCUT2D eigenvalue weighted by molar-refractivity contribution is -0.385. The molecule has 0 radical (unpaired) electrons. The van der Waals surface area contributed by atoms with E-state index in [1.807, 2.05) is 0 Å². The Hall–Kier alpha value is -4.84. The van der Waals surface area contributed by atoms with Crippen molar-refractivity contribution < 1.29 is 37.8 Å². The molecule has 4 N–H and O–H groups in total. The van der Waals surface area contributed by atoms with E-state index in [1.165, 1.54) is 30.7 Å². The smallest absolute Gasteiger partial charge is 0.471 e. The Morgan fingerprint density at radius 2 is 2.11 bits per heavy atom. The molecule has 0 spiro atoms. The molecule has 2 aromatic heterocycles. The number of anilines is 1. The minimum Gasteiger partial charge on any atom is -0.508 e. The number of hydrogen-bond donors (Lipinski definition) is 4. The number of fused-ring (bicyclic) bond motifs is 1. The van der Waals surface area contributed by atoms with Crippen molar-refractivity contribution >= 4 is 28.4 Å². The molecule has 1 aromatic carbocycles. The van der Waals surface area contributed by atoms with Gasteiger partial charge in [0.05, 0.1) is 23.6 Å². The van der Waals surface area contributed by atoms with Crippen LogP contribution in [0.15, 0.2) is 48.3 Å². The summed E-state index contributed by atoms with van der Waals surface area (Å²) in [6.07, 6.45) is -2.59. The number of nitro benzene ring substituents is 1. The van der Waals surface area contributed by atoms with Crippen LogP contribution in [0.25, 0.3) is 11.2 Å². The van der Waals surface area contributed by atoms with Gasteiger partial charge >= 0.3 is 12.1 Å². The summed E-state index contributed by atoms with van der Waals surface area (Å²) < 4.78 is 43.8. The number of imidazole rings is 1. The number of amides is 1. The van der Waals surface area contributed by atoms with Crippen molar-refractivity contribution in [2.24, 2.45) is 0 Å². The fraction of sp³-hybridized carbons (Fsp3) is 0.261. The van der Waals surface area contributed by atoms with Crippen LogP contribution in [-0.2, 0) is 16.1 Å². The first-order chi connectivity index (χ1) is 18.1. The molecule has 0 aliphatic carbocycles. The van der Waals surface area contributed by atoms with Gasteiger partial charge in [-0.25, -0.2) is 9.97 Å². The number of rotatable bonds is 7. The van der Waals surface area contributed by atoms with Crippen LogP contribution in [-0.4, -0.2) is 54.9 Å². The van der Waals surface area contributed by atoms with Crippen molar-refractivity contribution in [2.45, 2.75) is 25.4 Å². The molecule has 1 amide bonds. The van der Waals surface area contributed by atoms with Crippen molar-refractivity contribution in [1.29, 1.82) is 0 Å². The van der Waals surface area contributed by atoms with Crippen LogP contribution in [0.1, 0.15) is 23.8 Å². The summed E-state index contributed by atoms with van der Waals surface area (Å²) in [4.78, 5) is 30.5. The summed E-state index contributed by atoms with van der Waals surface area (Å²) in [6.45, 7) is -1.01. The van der Waals surface area contributed by atoms with Crippen LogP contribution >= 0.6 is 0 Å². The number of carbonyl (C=O) groups excluding carboxylic acids is 1. The van der Waals surface area contributed by atoms with E-state index < -0.39 is 36.4 Å². The summed E-state index contributed by atoms with van der Waals surface area (Å²) >= 11 is 0. The van der Waals surface area contributed by atoms with E-state index in [4.69, 9.17) is 4.74 Å². The molecule has 198 valence electrons. The maximum Gasteiger partial charge on any atom is 0.471 e. The molecule has 1 aliphatic rings. The largest absolute Gasteiger partial charge is 0.508 e. The van der Waals surface area contributed by atoms with E-state index in [-0.39, 0.29) is 35.7 Å². The maximum atomic E-state index is 12.2. The number of carbonyl (C=O) groups is 1. The number of benzene rings is 1. The first kappa shape index (κ1) is 26.2. The van der Waals surface area contributed by atoms with E-state index >= 15 is 0 Å². The van der Waals surface area contributed by atoms with Gasteiger partial charge in [0.1, 0.15) is 24.2 Å². The van der Waals surface area contributed by atoms with Crippen molar-refractivity contribution in [3.63, 3.8) is 0 Å². The fourth-order valence-electron chi connectivity index (χ4n) is 3.65. The van der Waals surface area contributed by atoms with Crippen molar-refractivity contribution in [1.82, 2.24) is 19.9 Å². The number of halogens is 3. The van der Waals surface area contributed by atoms with E-state index in [1.54, 1.807) is 16.0 Å². The molecule has 15 heteroatoms. The predicted molar refractivity (Wildman–Crippen MR) is 125 cm³/mol. The molecule has 38 heavy (non-hydrogen) atoms. The third-order valence-corrected chi connectivity index (χ3v) is 5.46. The van der Waals surface area contributed by atoms with E-state index in [2.05, 4.69) is 27.1 Å². The van der Waals surface area contributed by atoms with Gasteiger partial charge in [0.15, 0.2) is 17.6 Å². The van der Waals surface area contributed by atoms with Crippen molar-refractivity contribution in [2.75, 3.05) is 18.5 Å². The number of ether oxygens (including phenoxy) is 1. The topological polar surface area (TPSA) is 165 Å². The standard InChI is InChI=1S/C23H19F3N6O6/c24-23(25,26)22(35)28-6-1-2-13-3-4-14(16(8-13)32(36)37)10-29-15-5-7-27-21-20(15)30-12-31(21)19-9-17(34)18(11-33)38-19/h3-5,7-8,12,19,33-34H,6,9-11H2,(H,27,29)(H,28,35)/t19-/m1/s1. The highest BCUT2D eigenvalue weighted by atomic mass is 19.4. The number of aliphatic hydroxyl groups is 2. The lowest BCUT2D eigenvalue weighted by Crippen LogP contribution is -2.36. The van der Waals surface area contributed by atoms with Crippen LogP contribution in [0.5, 0.6) is 0 Å². The molecule has 0 bridgehead atoms. The quantitative estimate of drug-likeness (QED) is 0.203. The summed E-state index contributed by atoms with van der Waals surface area (Å²) in [7, 11) is 0.